The van der Waals surface area contributed by atoms with Gasteiger partial charge in [0, 0.05) is 11.3 Å². The van der Waals surface area contributed by atoms with Crippen molar-refractivity contribution < 1.29 is 19.8 Å². The molecule has 0 aliphatic heterocycles. The number of aliphatic hydroxyl groups excluding tert-OH is 1. The van der Waals surface area contributed by atoms with Crippen molar-refractivity contribution in [3.8, 4) is 0 Å². The van der Waals surface area contributed by atoms with E-state index in [0.29, 0.717) is 16.8 Å². The lowest BCUT2D eigenvalue weighted by molar-refractivity contribution is 0.0695. The molecule has 0 atom stereocenters. The number of nitrogens with one attached hydrogen (secondary N) is 1. The molecule has 0 unspecified atom stereocenters. The summed E-state index contributed by atoms with van der Waals surface area (Å²) >= 11 is 0. The number of aromatic carboxylic acids is 1. The van der Waals surface area contributed by atoms with E-state index in [4.69, 9.17) is 10.2 Å². The zero-order chi connectivity index (χ0) is 15.4. The van der Waals surface area contributed by atoms with Gasteiger partial charge >= 0.3 is 5.97 Å². The quantitative estimate of drug-likeness (QED) is 0.805. The summed E-state index contributed by atoms with van der Waals surface area (Å²) in [6, 6.07) is 11.3. The first-order chi connectivity index (χ1) is 10.0. The molecule has 0 saturated heterocycles. The second-order valence-corrected chi connectivity index (χ2v) is 4.59. The van der Waals surface area contributed by atoms with E-state index in [2.05, 4.69) is 5.32 Å². The molecular formula is C16H15NO4. The highest BCUT2D eigenvalue weighted by Crippen LogP contribution is 2.20. The van der Waals surface area contributed by atoms with Crippen molar-refractivity contribution in [2.24, 2.45) is 0 Å². The van der Waals surface area contributed by atoms with Crippen molar-refractivity contribution in [1.29, 1.82) is 0 Å². The Morgan fingerprint density at radius 2 is 1.76 bits per heavy atom. The first-order valence-corrected chi connectivity index (χ1v) is 6.37. The number of carbonyl (C=O) groups is 2. The van der Waals surface area contributed by atoms with Crippen LogP contribution in [0.3, 0.4) is 0 Å². The van der Waals surface area contributed by atoms with Gasteiger partial charge in [-0.25, -0.2) is 4.79 Å². The largest absolute Gasteiger partial charge is 0.478 e. The normalized spacial score (nSPS) is 10.2. The number of carboxylic acids is 1. The van der Waals surface area contributed by atoms with Gasteiger partial charge in [0.2, 0.25) is 0 Å². The Morgan fingerprint density at radius 1 is 1.10 bits per heavy atom. The first kappa shape index (κ1) is 14.7. The maximum absolute atomic E-state index is 12.1. The highest BCUT2D eigenvalue weighted by atomic mass is 16.4. The Kier molecular flexibility index (Phi) is 4.35. The number of benzene rings is 2. The molecule has 0 aliphatic carbocycles. The average Bonchev–Trinajstić information content (AvgIpc) is 2.49. The van der Waals surface area contributed by atoms with Gasteiger partial charge in [-0.3, -0.25) is 4.79 Å². The predicted molar refractivity (Wildman–Crippen MR) is 78.5 cm³/mol. The zero-order valence-corrected chi connectivity index (χ0v) is 11.5. The maximum Gasteiger partial charge on any atom is 0.336 e. The minimum Gasteiger partial charge on any atom is -0.478 e. The van der Waals surface area contributed by atoms with Crippen LogP contribution in [0.25, 0.3) is 0 Å². The van der Waals surface area contributed by atoms with Gasteiger partial charge < -0.3 is 15.5 Å². The lowest BCUT2D eigenvalue weighted by atomic mass is 10.1. The molecular weight excluding hydrogens is 270 g/mol. The summed E-state index contributed by atoms with van der Waals surface area (Å²) < 4.78 is 0. The number of rotatable bonds is 4. The van der Waals surface area contributed by atoms with E-state index in [1.165, 1.54) is 6.07 Å². The lowest BCUT2D eigenvalue weighted by Crippen LogP contribution is -2.14. The van der Waals surface area contributed by atoms with Gasteiger partial charge in [-0.1, -0.05) is 18.2 Å². The fraction of sp³-hybridized carbons (Fsp3) is 0.125. The molecule has 0 radical (unpaired) electrons. The molecule has 0 heterocycles. The smallest absolute Gasteiger partial charge is 0.336 e. The molecule has 0 aliphatic rings. The van der Waals surface area contributed by atoms with Crippen molar-refractivity contribution in [3.05, 3.63) is 64.7 Å². The summed E-state index contributed by atoms with van der Waals surface area (Å²) in [6.07, 6.45) is 0. The predicted octanol–water partition coefficient (Wildman–Crippen LogP) is 2.44. The monoisotopic (exact) mass is 285 g/mol. The van der Waals surface area contributed by atoms with Gasteiger partial charge in [0.05, 0.1) is 12.2 Å². The number of anilines is 1. The van der Waals surface area contributed by atoms with E-state index in [-0.39, 0.29) is 18.1 Å². The fourth-order valence-corrected chi connectivity index (χ4v) is 1.96. The Hall–Kier alpha value is -2.66. The van der Waals surface area contributed by atoms with Crippen LogP contribution in [0.2, 0.25) is 0 Å². The van der Waals surface area contributed by atoms with Gasteiger partial charge in [0.1, 0.15) is 0 Å². The van der Waals surface area contributed by atoms with Crippen LogP contribution in [0.5, 0.6) is 0 Å². The maximum atomic E-state index is 12.1. The van der Waals surface area contributed by atoms with Crippen LogP contribution in [0, 0.1) is 6.92 Å². The van der Waals surface area contributed by atoms with Crippen LogP contribution in [0.1, 0.15) is 31.8 Å². The summed E-state index contributed by atoms with van der Waals surface area (Å²) in [4.78, 5) is 23.2. The summed E-state index contributed by atoms with van der Waals surface area (Å²) in [7, 11) is 0. The topological polar surface area (TPSA) is 86.6 Å². The lowest BCUT2D eigenvalue weighted by Gasteiger charge is -2.10. The Morgan fingerprint density at radius 3 is 2.33 bits per heavy atom. The third-order valence-electron chi connectivity index (χ3n) is 3.21. The van der Waals surface area contributed by atoms with Crippen LogP contribution in [-0.2, 0) is 6.61 Å². The van der Waals surface area contributed by atoms with E-state index in [1.54, 1.807) is 43.3 Å². The number of carbonyl (C=O) groups excluding carboxylic acids is 1. The summed E-state index contributed by atoms with van der Waals surface area (Å²) in [5, 5.41) is 20.7. The molecule has 21 heavy (non-hydrogen) atoms. The van der Waals surface area contributed by atoms with Gasteiger partial charge in [-0.15, -0.1) is 0 Å². The second kappa shape index (κ2) is 6.19. The molecule has 0 spiro atoms. The van der Waals surface area contributed by atoms with Crippen LogP contribution in [-0.4, -0.2) is 22.1 Å². The Labute approximate surface area is 121 Å². The van der Waals surface area contributed by atoms with Crippen LogP contribution >= 0.6 is 0 Å². The molecule has 0 bridgehead atoms. The minimum absolute atomic E-state index is 0.0817. The zero-order valence-electron chi connectivity index (χ0n) is 11.5. The van der Waals surface area contributed by atoms with Crippen molar-refractivity contribution in [3.63, 3.8) is 0 Å². The average molecular weight is 285 g/mol. The molecule has 0 fully saturated rings. The summed E-state index contributed by atoms with van der Waals surface area (Å²) in [6.45, 7) is 1.57. The van der Waals surface area contributed by atoms with Crippen LogP contribution in [0.15, 0.2) is 42.5 Å². The number of aliphatic hydroxyl groups is 1. The van der Waals surface area contributed by atoms with Gasteiger partial charge in [-0.05, 0) is 42.3 Å². The third kappa shape index (κ3) is 3.27. The minimum atomic E-state index is -1.03. The van der Waals surface area contributed by atoms with E-state index >= 15 is 0 Å². The molecule has 1 amide bonds. The fourth-order valence-electron chi connectivity index (χ4n) is 1.96. The molecule has 2 aromatic carbocycles. The molecule has 5 nitrogen and oxygen atoms in total. The molecule has 108 valence electrons. The molecule has 3 N–H and O–H groups in total. The van der Waals surface area contributed by atoms with Gasteiger partial charge in [0.15, 0.2) is 0 Å². The molecule has 2 aromatic rings. The molecule has 0 aromatic heterocycles. The van der Waals surface area contributed by atoms with Crippen molar-refractivity contribution in [2.45, 2.75) is 13.5 Å². The second-order valence-electron chi connectivity index (χ2n) is 4.59. The van der Waals surface area contributed by atoms with E-state index in [0.717, 1.165) is 5.56 Å². The van der Waals surface area contributed by atoms with E-state index in [9.17, 15) is 9.59 Å². The van der Waals surface area contributed by atoms with Gasteiger partial charge in [0.25, 0.3) is 5.91 Å². The van der Waals surface area contributed by atoms with Crippen LogP contribution < -0.4 is 5.32 Å². The Balaban J connectivity index is 2.23. The highest BCUT2D eigenvalue weighted by Gasteiger charge is 2.12. The molecule has 0 saturated carbocycles. The molecule has 2 rings (SSSR count). The van der Waals surface area contributed by atoms with Crippen molar-refractivity contribution >= 4 is 17.6 Å². The first-order valence-electron chi connectivity index (χ1n) is 6.37. The number of hydrogen-bond acceptors (Lipinski definition) is 3. The van der Waals surface area contributed by atoms with Gasteiger partial charge in [-0.2, -0.15) is 0 Å². The highest BCUT2D eigenvalue weighted by molar-refractivity contribution is 6.05. The third-order valence-corrected chi connectivity index (χ3v) is 3.21. The summed E-state index contributed by atoms with van der Waals surface area (Å²) in [5.74, 6) is -1.36. The standard InChI is InChI=1S/C16H15NO4/c1-10-13(16(20)21)3-2-4-14(10)17-15(19)12-7-5-11(9-18)6-8-12/h2-8,18H,9H2,1H3,(H,17,19)(H,20,21). The van der Waals surface area contributed by atoms with E-state index < -0.39 is 5.97 Å². The van der Waals surface area contributed by atoms with Crippen molar-refractivity contribution in [2.75, 3.05) is 5.32 Å². The molecule has 5 heteroatoms. The SMILES string of the molecule is Cc1c(NC(=O)c2ccc(CO)cc2)cccc1C(=O)O. The summed E-state index contributed by atoms with van der Waals surface area (Å²) in [5.41, 5.74) is 2.28. The van der Waals surface area contributed by atoms with E-state index in [1.807, 2.05) is 0 Å². The number of hydrogen-bond donors (Lipinski definition) is 3. The number of carboxylic acid groups (broad SMARTS) is 1. The van der Waals surface area contributed by atoms with Crippen LogP contribution in [0.4, 0.5) is 5.69 Å². The number of amides is 1. The van der Waals surface area contributed by atoms with Crippen molar-refractivity contribution in [1.82, 2.24) is 0 Å². The Bertz CT molecular complexity index is 677.